The Balaban J connectivity index is 1.60. The van der Waals surface area contributed by atoms with Crippen LogP contribution in [-0.4, -0.2) is 57.9 Å². The highest BCUT2D eigenvalue weighted by molar-refractivity contribution is 5.94. The number of hydrogen-bond acceptors (Lipinski definition) is 4. The maximum atomic E-state index is 12.2. The smallest absolute Gasteiger partial charge is 0.292 e. The average Bonchev–Trinajstić information content (AvgIpc) is 3.17. The average molecular weight is 288 g/mol. The van der Waals surface area contributed by atoms with Crippen molar-refractivity contribution >= 4 is 11.8 Å². The molecule has 2 aromatic rings. The first-order valence-corrected chi connectivity index (χ1v) is 6.80. The molecule has 0 aromatic carbocycles. The summed E-state index contributed by atoms with van der Waals surface area (Å²) in [7, 11) is 0. The maximum Gasteiger partial charge on any atom is 0.292 e. The van der Waals surface area contributed by atoms with Crippen LogP contribution < -0.4 is 0 Å². The van der Waals surface area contributed by atoms with E-state index in [4.69, 9.17) is 4.52 Å². The number of piperazine rings is 1. The summed E-state index contributed by atoms with van der Waals surface area (Å²) in [6.07, 6.45) is 3.40. The molecular formula is C14H16N4O3. The molecule has 7 heteroatoms. The minimum Gasteiger partial charge on any atom is -0.367 e. The molecule has 21 heavy (non-hydrogen) atoms. The zero-order valence-corrected chi connectivity index (χ0v) is 11.7. The molecule has 0 atom stereocenters. The molecule has 1 N–H and O–H groups in total. The van der Waals surface area contributed by atoms with Gasteiger partial charge in [0, 0.05) is 44.6 Å². The number of aryl methyl sites for hydroxylation is 1. The predicted octanol–water partition coefficient (Wildman–Crippen LogP) is 0.909. The molecule has 7 nitrogen and oxygen atoms in total. The van der Waals surface area contributed by atoms with Crippen molar-refractivity contribution in [2.24, 2.45) is 0 Å². The molecule has 1 fully saturated rings. The van der Waals surface area contributed by atoms with Gasteiger partial charge in [0.15, 0.2) is 0 Å². The third-order valence-corrected chi connectivity index (χ3v) is 3.54. The molecule has 1 saturated heterocycles. The van der Waals surface area contributed by atoms with Crippen LogP contribution in [0.4, 0.5) is 0 Å². The first-order chi connectivity index (χ1) is 10.1. The molecular weight excluding hydrogens is 272 g/mol. The van der Waals surface area contributed by atoms with E-state index in [0.29, 0.717) is 37.4 Å². The van der Waals surface area contributed by atoms with Crippen LogP contribution in [0.1, 0.15) is 26.6 Å². The molecule has 110 valence electrons. The first kappa shape index (κ1) is 13.4. The lowest BCUT2D eigenvalue weighted by molar-refractivity contribution is 0.0513. The highest BCUT2D eigenvalue weighted by Gasteiger charge is 2.27. The lowest BCUT2D eigenvalue weighted by Crippen LogP contribution is -2.50. The molecule has 0 bridgehead atoms. The van der Waals surface area contributed by atoms with E-state index in [1.54, 1.807) is 41.2 Å². The molecule has 2 amide bonds. The summed E-state index contributed by atoms with van der Waals surface area (Å²) < 4.78 is 4.99. The summed E-state index contributed by atoms with van der Waals surface area (Å²) in [5.41, 5.74) is 1.32. The highest BCUT2D eigenvalue weighted by atomic mass is 16.5. The van der Waals surface area contributed by atoms with E-state index < -0.39 is 0 Å². The van der Waals surface area contributed by atoms with Crippen molar-refractivity contribution in [3.8, 4) is 0 Å². The molecule has 1 aliphatic rings. The van der Waals surface area contributed by atoms with Crippen LogP contribution in [0.15, 0.2) is 29.0 Å². The Hall–Kier alpha value is -2.57. The van der Waals surface area contributed by atoms with Crippen molar-refractivity contribution in [1.29, 1.82) is 0 Å². The number of H-pyrrole nitrogens is 1. The third kappa shape index (κ3) is 2.67. The zero-order valence-electron chi connectivity index (χ0n) is 11.7. The number of nitrogens with one attached hydrogen (secondary N) is 1. The second-order valence-electron chi connectivity index (χ2n) is 5.02. The van der Waals surface area contributed by atoms with Gasteiger partial charge in [0.2, 0.25) is 5.76 Å². The SMILES string of the molecule is Cc1cc(C(=O)N2CCN(C(=O)c3cc[nH]c3)CC2)on1. The number of amides is 2. The van der Waals surface area contributed by atoms with Gasteiger partial charge >= 0.3 is 0 Å². The van der Waals surface area contributed by atoms with Gasteiger partial charge < -0.3 is 19.3 Å². The van der Waals surface area contributed by atoms with Gasteiger partial charge in [-0.25, -0.2) is 0 Å². The van der Waals surface area contributed by atoms with E-state index in [1.807, 2.05) is 0 Å². The van der Waals surface area contributed by atoms with E-state index in [-0.39, 0.29) is 17.6 Å². The zero-order chi connectivity index (χ0) is 14.8. The van der Waals surface area contributed by atoms with Gasteiger partial charge in [-0.05, 0) is 13.0 Å². The van der Waals surface area contributed by atoms with Gasteiger partial charge in [-0.3, -0.25) is 9.59 Å². The fraction of sp³-hybridized carbons (Fsp3) is 0.357. The Kier molecular flexibility index (Phi) is 3.47. The first-order valence-electron chi connectivity index (χ1n) is 6.80. The van der Waals surface area contributed by atoms with Crippen LogP contribution in [0, 0.1) is 6.92 Å². The number of aromatic nitrogens is 2. The van der Waals surface area contributed by atoms with Crippen molar-refractivity contribution in [2.45, 2.75) is 6.92 Å². The lowest BCUT2D eigenvalue weighted by Gasteiger charge is -2.34. The molecule has 0 unspecified atom stereocenters. The fourth-order valence-corrected chi connectivity index (χ4v) is 2.37. The summed E-state index contributed by atoms with van der Waals surface area (Å²) in [5.74, 6) is 0.0566. The standard InChI is InChI=1S/C14H16N4O3/c1-10-8-12(21-16-10)14(20)18-6-4-17(5-7-18)13(19)11-2-3-15-9-11/h2-3,8-9,15H,4-7H2,1H3. The molecule has 0 spiro atoms. The summed E-state index contributed by atoms with van der Waals surface area (Å²) >= 11 is 0. The van der Waals surface area contributed by atoms with Crippen LogP contribution in [-0.2, 0) is 0 Å². The van der Waals surface area contributed by atoms with Crippen LogP contribution in [0.2, 0.25) is 0 Å². The van der Waals surface area contributed by atoms with E-state index in [9.17, 15) is 9.59 Å². The molecule has 3 heterocycles. The maximum absolute atomic E-state index is 12.2. The van der Waals surface area contributed by atoms with Crippen molar-refractivity contribution in [3.05, 3.63) is 41.5 Å². The molecule has 0 aliphatic carbocycles. The van der Waals surface area contributed by atoms with Gasteiger partial charge in [0.1, 0.15) is 0 Å². The van der Waals surface area contributed by atoms with Gasteiger partial charge in [-0.1, -0.05) is 5.16 Å². The van der Waals surface area contributed by atoms with E-state index in [1.165, 1.54) is 0 Å². The lowest BCUT2D eigenvalue weighted by atomic mass is 10.2. The summed E-state index contributed by atoms with van der Waals surface area (Å²) in [5, 5.41) is 3.72. The monoisotopic (exact) mass is 288 g/mol. The van der Waals surface area contributed by atoms with Gasteiger partial charge in [0.05, 0.1) is 11.3 Å². The number of carbonyl (C=O) groups excluding carboxylic acids is 2. The van der Waals surface area contributed by atoms with Crippen LogP contribution in [0.25, 0.3) is 0 Å². The van der Waals surface area contributed by atoms with Crippen LogP contribution >= 0.6 is 0 Å². The molecule has 3 rings (SSSR count). The van der Waals surface area contributed by atoms with Crippen LogP contribution in [0.5, 0.6) is 0 Å². The summed E-state index contributed by atoms with van der Waals surface area (Å²) in [6.45, 7) is 3.79. The predicted molar refractivity (Wildman–Crippen MR) is 73.8 cm³/mol. The molecule has 2 aromatic heterocycles. The topological polar surface area (TPSA) is 82.4 Å². The number of aromatic amines is 1. The Morgan fingerprint density at radius 1 is 1.19 bits per heavy atom. The van der Waals surface area contributed by atoms with Crippen molar-refractivity contribution in [1.82, 2.24) is 19.9 Å². The number of carbonyl (C=O) groups is 2. The second kappa shape index (κ2) is 5.43. The van der Waals surface area contributed by atoms with E-state index >= 15 is 0 Å². The highest BCUT2D eigenvalue weighted by Crippen LogP contribution is 2.12. The quantitative estimate of drug-likeness (QED) is 0.890. The number of nitrogens with zero attached hydrogens (tertiary/aromatic N) is 3. The third-order valence-electron chi connectivity index (χ3n) is 3.54. The molecule has 1 aliphatic heterocycles. The number of hydrogen-bond donors (Lipinski definition) is 1. The minimum absolute atomic E-state index is 0.0149. The van der Waals surface area contributed by atoms with Crippen molar-refractivity contribution in [2.75, 3.05) is 26.2 Å². The minimum atomic E-state index is -0.177. The van der Waals surface area contributed by atoms with Gasteiger partial charge in [0.25, 0.3) is 11.8 Å². The normalized spacial score (nSPS) is 15.3. The Morgan fingerprint density at radius 3 is 2.38 bits per heavy atom. The van der Waals surface area contributed by atoms with Crippen molar-refractivity contribution in [3.63, 3.8) is 0 Å². The van der Waals surface area contributed by atoms with E-state index in [2.05, 4.69) is 10.1 Å². The fourth-order valence-electron chi connectivity index (χ4n) is 2.37. The second-order valence-corrected chi connectivity index (χ2v) is 5.02. The molecule has 0 saturated carbocycles. The Labute approximate surface area is 121 Å². The molecule has 0 radical (unpaired) electrons. The number of rotatable bonds is 2. The van der Waals surface area contributed by atoms with Gasteiger partial charge in [-0.15, -0.1) is 0 Å². The van der Waals surface area contributed by atoms with E-state index in [0.717, 1.165) is 0 Å². The van der Waals surface area contributed by atoms with Crippen LogP contribution in [0.3, 0.4) is 0 Å². The van der Waals surface area contributed by atoms with Gasteiger partial charge in [-0.2, -0.15) is 0 Å². The summed E-state index contributed by atoms with van der Waals surface area (Å²) in [4.78, 5) is 30.7. The largest absolute Gasteiger partial charge is 0.367 e. The Morgan fingerprint density at radius 2 is 1.86 bits per heavy atom. The summed E-state index contributed by atoms with van der Waals surface area (Å²) in [6, 6.07) is 3.37. The Bertz CT molecular complexity index is 639. The van der Waals surface area contributed by atoms with Crippen molar-refractivity contribution < 1.29 is 14.1 Å².